The van der Waals surface area contributed by atoms with Gasteiger partial charge in [0.15, 0.2) is 6.61 Å². The number of alkyl halides is 3. The number of nitrogens with one attached hydrogen (secondary N) is 1. The van der Waals surface area contributed by atoms with Crippen LogP contribution in [0.4, 0.5) is 13.2 Å². The van der Waals surface area contributed by atoms with Crippen LogP contribution in [0.15, 0.2) is 60.8 Å². The summed E-state index contributed by atoms with van der Waals surface area (Å²) in [6.07, 6.45) is -2.07. The second-order valence-corrected chi connectivity index (χ2v) is 6.14. The molecule has 7 heteroatoms. The molecule has 0 aliphatic rings. The number of fused-ring (bicyclic) bond motifs is 1. The fourth-order valence-corrected chi connectivity index (χ4v) is 2.72. The molecule has 0 fully saturated rings. The molecule has 0 bridgehead atoms. The van der Waals surface area contributed by atoms with Gasteiger partial charge in [0.2, 0.25) is 5.91 Å². The van der Waals surface area contributed by atoms with Crippen molar-refractivity contribution in [2.75, 3.05) is 6.61 Å². The summed E-state index contributed by atoms with van der Waals surface area (Å²) >= 11 is 0. The molecule has 4 nitrogen and oxygen atoms in total. The molecule has 1 aromatic heterocycles. The van der Waals surface area contributed by atoms with Crippen molar-refractivity contribution in [1.29, 1.82) is 0 Å². The second-order valence-electron chi connectivity index (χ2n) is 6.14. The molecule has 0 saturated carbocycles. The molecule has 2 aromatic carbocycles. The van der Waals surface area contributed by atoms with Crippen molar-refractivity contribution in [3.8, 4) is 5.75 Å². The minimum absolute atomic E-state index is 0.0924. The Morgan fingerprint density at radius 3 is 2.52 bits per heavy atom. The summed E-state index contributed by atoms with van der Waals surface area (Å²) in [5, 5.41) is 3.94. The Hall–Kier alpha value is -2.96. The zero-order chi connectivity index (χ0) is 19.3. The van der Waals surface area contributed by atoms with Crippen molar-refractivity contribution in [2.24, 2.45) is 0 Å². The Balaban J connectivity index is 1.45. The molecule has 1 N–H and O–H groups in total. The van der Waals surface area contributed by atoms with Crippen LogP contribution in [0.5, 0.6) is 5.75 Å². The molecule has 27 heavy (non-hydrogen) atoms. The van der Waals surface area contributed by atoms with E-state index in [1.807, 2.05) is 41.1 Å². The molecule has 0 atom stereocenters. The Kier molecular flexibility index (Phi) is 5.69. The van der Waals surface area contributed by atoms with Crippen LogP contribution in [0.25, 0.3) is 10.9 Å². The topological polar surface area (TPSA) is 43.3 Å². The minimum Gasteiger partial charge on any atom is -0.484 e. The van der Waals surface area contributed by atoms with Gasteiger partial charge >= 0.3 is 6.18 Å². The molecule has 142 valence electrons. The molecule has 0 unspecified atom stereocenters. The van der Waals surface area contributed by atoms with E-state index in [-0.39, 0.29) is 11.7 Å². The van der Waals surface area contributed by atoms with Gasteiger partial charge in [0, 0.05) is 31.2 Å². The molecule has 0 radical (unpaired) electrons. The maximum absolute atomic E-state index is 12.1. The third-order valence-electron chi connectivity index (χ3n) is 4.08. The Labute approximate surface area is 154 Å². The van der Waals surface area contributed by atoms with E-state index in [2.05, 4.69) is 10.1 Å². The molecule has 3 rings (SSSR count). The number of benzene rings is 2. The average Bonchev–Trinajstić information content (AvgIpc) is 3.06. The molecule has 0 aliphatic heterocycles. The van der Waals surface area contributed by atoms with E-state index in [1.54, 1.807) is 12.1 Å². The number of carbonyl (C=O) groups excluding carboxylic acids is 1. The lowest BCUT2D eigenvalue weighted by molar-refractivity contribution is -0.153. The predicted octanol–water partition coefficient (Wildman–Crippen LogP) is 4.29. The highest BCUT2D eigenvalue weighted by Gasteiger charge is 2.28. The van der Waals surface area contributed by atoms with Crippen molar-refractivity contribution >= 4 is 16.8 Å². The number of halogens is 3. The van der Waals surface area contributed by atoms with Crippen LogP contribution in [-0.4, -0.2) is 23.3 Å². The largest absolute Gasteiger partial charge is 0.484 e. The first-order valence-electron chi connectivity index (χ1n) is 8.50. The summed E-state index contributed by atoms with van der Waals surface area (Å²) in [5.41, 5.74) is 1.87. The molecule has 3 aromatic rings. The Bertz CT molecular complexity index is 901. The average molecular weight is 376 g/mol. The molecule has 1 heterocycles. The van der Waals surface area contributed by atoms with E-state index < -0.39 is 12.8 Å². The summed E-state index contributed by atoms with van der Waals surface area (Å²) in [5.74, 6) is 0.0482. The molecular weight excluding hydrogens is 357 g/mol. The van der Waals surface area contributed by atoms with Crippen LogP contribution in [0, 0.1) is 0 Å². The van der Waals surface area contributed by atoms with E-state index in [4.69, 9.17) is 0 Å². The number of para-hydroxylation sites is 1. The molecular formula is C20H19F3N2O2. The lowest BCUT2D eigenvalue weighted by Gasteiger charge is -2.10. The van der Waals surface area contributed by atoms with E-state index in [9.17, 15) is 18.0 Å². The van der Waals surface area contributed by atoms with Gasteiger partial charge in [-0.15, -0.1) is 0 Å². The van der Waals surface area contributed by atoms with Crippen LogP contribution < -0.4 is 10.1 Å². The van der Waals surface area contributed by atoms with Crippen LogP contribution in [0.3, 0.4) is 0 Å². The first kappa shape index (κ1) is 18.8. The maximum Gasteiger partial charge on any atom is 0.422 e. The van der Waals surface area contributed by atoms with E-state index in [1.165, 1.54) is 12.1 Å². The van der Waals surface area contributed by atoms with Crippen LogP contribution in [0.1, 0.15) is 12.0 Å². The molecule has 0 saturated heterocycles. The van der Waals surface area contributed by atoms with Crippen LogP contribution >= 0.6 is 0 Å². The van der Waals surface area contributed by atoms with E-state index in [0.717, 1.165) is 16.5 Å². The lowest BCUT2D eigenvalue weighted by Crippen LogP contribution is -2.23. The van der Waals surface area contributed by atoms with Gasteiger partial charge in [0.25, 0.3) is 0 Å². The van der Waals surface area contributed by atoms with Crippen LogP contribution in [0.2, 0.25) is 0 Å². The number of hydrogen-bond donors (Lipinski definition) is 1. The normalized spacial score (nSPS) is 11.5. The highest BCUT2D eigenvalue weighted by atomic mass is 19.4. The molecule has 0 aliphatic carbocycles. The third-order valence-corrected chi connectivity index (χ3v) is 4.08. The van der Waals surface area contributed by atoms with Gasteiger partial charge in [-0.2, -0.15) is 13.2 Å². The SMILES string of the molecule is O=C(CCn1ccc2ccccc21)NCc1ccc(OCC(F)(F)F)cc1. The van der Waals surface area contributed by atoms with Crippen LogP contribution in [-0.2, 0) is 17.9 Å². The highest BCUT2D eigenvalue weighted by molar-refractivity contribution is 5.80. The number of aromatic nitrogens is 1. The summed E-state index contributed by atoms with van der Waals surface area (Å²) in [4.78, 5) is 12.1. The number of hydrogen-bond acceptors (Lipinski definition) is 2. The molecule has 1 amide bonds. The first-order chi connectivity index (χ1) is 12.9. The van der Waals surface area contributed by atoms with Gasteiger partial charge in [-0.05, 0) is 35.2 Å². The Morgan fingerprint density at radius 2 is 1.78 bits per heavy atom. The predicted molar refractivity (Wildman–Crippen MR) is 96.4 cm³/mol. The lowest BCUT2D eigenvalue weighted by atomic mass is 10.2. The van der Waals surface area contributed by atoms with Crippen molar-refractivity contribution in [3.63, 3.8) is 0 Å². The zero-order valence-corrected chi connectivity index (χ0v) is 14.5. The quantitative estimate of drug-likeness (QED) is 0.669. The number of nitrogens with zero attached hydrogens (tertiary/aromatic N) is 1. The summed E-state index contributed by atoms with van der Waals surface area (Å²) in [6, 6.07) is 16.1. The number of amides is 1. The van der Waals surface area contributed by atoms with Gasteiger partial charge in [-0.3, -0.25) is 4.79 Å². The number of rotatable bonds is 7. The highest BCUT2D eigenvalue weighted by Crippen LogP contribution is 2.19. The van der Waals surface area contributed by atoms with Gasteiger partial charge in [-0.1, -0.05) is 30.3 Å². The van der Waals surface area contributed by atoms with E-state index >= 15 is 0 Å². The number of carbonyl (C=O) groups is 1. The van der Waals surface area contributed by atoms with Crippen molar-refractivity contribution in [2.45, 2.75) is 25.7 Å². The number of aryl methyl sites for hydroxylation is 1. The van der Waals surface area contributed by atoms with Gasteiger partial charge < -0.3 is 14.6 Å². The summed E-state index contributed by atoms with van der Waals surface area (Å²) in [7, 11) is 0. The fourth-order valence-electron chi connectivity index (χ4n) is 2.72. The molecule has 0 spiro atoms. The second kappa shape index (κ2) is 8.16. The van der Waals surface area contributed by atoms with Crippen molar-refractivity contribution in [1.82, 2.24) is 9.88 Å². The fraction of sp³-hybridized carbons (Fsp3) is 0.250. The minimum atomic E-state index is -4.36. The number of ether oxygens (including phenoxy) is 1. The van der Waals surface area contributed by atoms with Gasteiger partial charge in [0.05, 0.1) is 0 Å². The Morgan fingerprint density at radius 1 is 1.04 bits per heavy atom. The van der Waals surface area contributed by atoms with Crippen molar-refractivity contribution in [3.05, 3.63) is 66.4 Å². The smallest absolute Gasteiger partial charge is 0.422 e. The van der Waals surface area contributed by atoms with E-state index in [0.29, 0.717) is 19.5 Å². The summed E-state index contributed by atoms with van der Waals surface area (Å²) < 4.78 is 43.0. The van der Waals surface area contributed by atoms with Gasteiger partial charge in [0.1, 0.15) is 5.75 Å². The monoisotopic (exact) mass is 376 g/mol. The summed E-state index contributed by atoms with van der Waals surface area (Å²) in [6.45, 7) is -0.439. The van der Waals surface area contributed by atoms with Gasteiger partial charge in [-0.25, -0.2) is 0 Å². The zero-order valence-electron chi connectivity index (χ0n) is 14.5. The first-order valence-corrected chi connectivity index (χ1v) is 8.50. The maximum atomic E-state index is 12.1. The van der Waals surface area contributed by atoms with Crippen molar-refractivity contribution < 1.29 is 22.7 Å². The standard InChI is InChI=1S/C20H19F3N2O2/c21-20(22,23)14-27-17-7-5-15(6-8-17)13-24-19(26)10-12-25-11-9-16-3-1-2-4-18(16)25/h1-9,11H,10,12-14H2,(H,24,26). The third kappa shape index (κ3) is 5.51.